The summed E-state index contributed by atoms with van der Waals surface area (Å²) in [4.78, 5) is 23.8. The maximum atomic E-state index is 12.5. The third-order valence-electron chi connectivity index (χ3n) is 5.07. The van der Waals surface area contributed by atoms with E-state index in [1.807, 2.05) is 6.92 Å². The Labute approximate surface area is 114 Å². The van der Waals surface area contributed by atoms with Crippen molar-refractivity contribution in [2.24, 2.45) is 16.6 Å². The first-order chi connectivity index (χ1) is 8.45. The van der Waals surface area contributed by atoms with Crippen LogP contribution in [0.2, 0.25) is 0 Å². The van der Waals surface area contributed by atoms with Crippen LogP contribution in [0.25, 0.3) is 0 Å². The maximum absolute atomic E-state index is 12.5. The summed E-state index contributed by atoms with van der Waals surface area (Å²) in [7, 11) is 0. The summed E-state index contributed by atoms with van der Waals surface area (Å²) in [5.74, 6) is -1.07. The lowest BCUT2D eigenvalue weighted by Crippen LogP contribution is -2.61. The van der Waals surface area contributed by atoms with Crippen LogP contribution in [-0.4, -0.2) is 28.6 Å². The molecule has 5 heteroatoms. The van der Waals surface area contributed by atoms with Crippen LogP contribution >= 0.6 is 0 Å². The lowest BCUT2D eigenvalue weighted by molar-refractivity contribution is -0.152. The van der Waals surface area contributed by atoms with Crippen molar-refractivity contribution in [1.29, 1.82) is 0 Å². The molecule has 1 aliphatic carbocycles. The zero-order valence-corrected chi connectivity index (χ0v) is 12.5. The Bertz CT molecular complexity index is 390. The minimum Gasteiger partial charge on any atom is -0.481 e. The quantitative estimate of drug-likeness (QED) is 0.722. The minimum atomic E-state index is -1.05. The van der Waals surface area contributed by atoms with E-state index in [0.717, 1.165) is 19.3 Å². The topological polar surface area (TPSA) is 92.4 Å². The number of hydrogen-bond acceptors (Lipinski definition) is 3. The number of amides is 1. The predicted octanol–water partition coefficient (Wildman–Crippen LogP) is 1.51. The van der Waals surface area contributed by atoms with Gasteiger partial charge in [-0.15, -0.1) is 0 Å². The number of carbonyl (C=O) groups is 2. The molecule has 1 rings (SSSR count). The van der Waals surface area contributed by atoms with Gasteiger partial charge in [-0.2, -0.15) is 0 Å². The molecule has 110 valence electrons. The lowest BCUT2D eigenvalue weighted by atomic mass is 9.73. The second-order valence-corrected chi connectivity index (χ2v) is 6.93. The molecule has 0 radical (unpaired) electrons. The van der Waals surface area contributed by atoms with Crippen molar-refractivity contribution in [2.75, 3.05) is 0 Å². The van der Waals surface area contributed by atoms with Gasteiger partial charge in [0.1, 0.15) is 0 Å². The highest BCUT2D eigenvalue weighted by Gasteiger charge is 2.49. The van der Waals surface area contributed by atoms with E-state index in [1.165, 1.54) is 0 Å². The molecule has 0 heterocycles. The summed E-state index contributed by atoms with van der Waals surface area (Å²) in [5.41, 5.74) is 3.53. The fourth-order valence-corrected chi connectivity index (χ4v) is 2.33. The lowest BCUT2D eigenvalue weighted by Gasteiger charge is -2.41. The maximum Gasteiger partial charge on any atom is 0.311 e. The predicted molar refractivity (Wildman–Crippen MR) is 73.6 cm³/mol. The minimum absolute atomic E-state index is 0.142. The molecule has 4 N–H and O–H groups in total. The number of carboxylic acids is 1. The van der Waals surface area contributed by atoms with Gasteiger partial charge >= 0.3 is 5.97 Å². The molecule has 0 aromatic carbocycles. The van der Waals surface area contributed by atoms with Gasteiger partial charge in [0.25, 0.3) is 0 Å². The van der Waals surface area contributed by atoms with Crippen molar-refractivity contribution in [3.8, 4) is 0 Å². The zero-order chi connectivity index (χ0) is 15.1. The van der Waals surface area contributed by atoms with Gasteiger partial charge in [0.15, 0.2) is 0 Å². The molecule has 0 saturated heterocycles. The number of hydrogen-bond donors (Lipinski definition) is 3. The Kier molecular flexibility index (Phi) is 4.01. The van der Waals surface area contributed by atoms with Crippen molar-refractivity contribution < 1.29 is 14.7 Å². The fourth-order valence-electron chi connectivity index (χ4n) is 2.33. The Morgan fingerprint density at radius 2 is 1.84 bits per heavy atom. The SMILES string of the molecule is CC1(C(=O)NC(C)(C)C(C)(C)C(=O)O)CCCC1N. The molecular formula is C14H26N2O3. The molecule has 19 heavy (non-hydrogen) atoms. The molecule has 2 unspecified atom stereocenters. The molecule has 1 aliphatic rings. The van der Waals surface area contributed by atoms with E-state index in [2.05, 4.69) is 5.32 Å². The van der Waals surface area contributed by atoms with E-state index in [-0.39, 0.29) is 11.9 Å². The number of nitrogens with two attached hydrogens (primary N) is 1. The third kappa shape index (κ3) is 2.61. The van der Waals surface area contributed by atoms with Crippen molar-refractivity contribution in [3.63, 3.8) is 0 Å². The molecule has 2 atom stereocenters. The van der Waals surface area contributed by atoms with Crippen molar-refractivity contribution in [3.05, 3.63) is 0 Å². The number of rotatable bonds is 4. The fraction of sp³-hybridized carbons (Fsp3) is 0.857. The summed E-state index contributed by atoms with van der Waals surface area (Å²) >= 11 is 0. The number of aliphatic carboxylic acids is 1. The van der Waals surface area contributed by atoms with E-state index < -0.39 is 22.3 Å². The van der Waals surface area contributed by atoms with E-state index >= 15 is 0 Å². The van der Waals surface area contributed by atoms with Gasteiger partial charge in [-0.3, -0.25) is 9.59 Å². The van der Waals surface area contributed by atoms with Crippen LogP contribution in [0.15, 0.2) is 0 Å². The highest BCUT2D eigenvalue weighted by atomic mass is 16.4. The zero-order valence-electron chi connectivity index (χ0n) is 12.5. The molecule has 0 spiro atoms. The third-order valence-corrected chi connectivity index (χ3v) is 5.07. The first-order valence-corrected chi connectivity index (χ1v) is 6.77. The monoisotopic (exact) mass is 270 g/mol. The molecule has 1 amide bonds. The van der Waals surface area contributed by atoms with Crippen LogP contribution in [0.3, 0.4) is 0 Å². The van der Waals surface area contributed by atoms with Crippen molar-refractivity contribution >= 4 is 11.9 Å². The van der Waals surface area contributed by atoms with Gasteiger partial charge < -0.3 is 16.2 Å². The second kappa shape index (κ2) is 4.78. The molecule has 1 fully saturated rings. The molecule has 1 saturated carbocycles. The van der Waals surface area contributed by atoms with Crippen molar-refractivity contribution in [1.82, 2.24) is 5.32 Å². The van der Waals surface area contributed by atoms with Gasteiger partial charge in [0, 0.05) is 11.6 Å². The van der Waals surface area contributed by atoms with Gasteiger partial charge in [0.05, 0.1) is 10.8 Å². The summed E-state index contributed by atoms with van der Waals surface area (Å²) in [6.07, 6.45) is 2.53. The van der Waals surface area contributed by atoms with E-state index in [4.69, 9.17) is 5.73 Å². The summed E-state index contributed by atoms with van der Waals surface area (Å²) < 4.78 is 0. The Morgan fingerprint density at radius 1 is 1.32 bits per heavy atom. The molecule has 0 aromatic heterocycles. The number of carboxylic acid groups (broad SMARTS) is 1. The Balaban J connectivity index is 2.90. The Hall–Kier alpha value is -1.10. The largest absolute Gasteiger partial charge is 0.481 e. The second-order valence-electron chi connectivity index (χ2n) is 6.93. The standard InChI is InChI=1S/C14H26N2O3/c1-12(2,11(18)19)13(3,4)16-10(17)14(5)8-6-7-9(14)15/h9H,6-8,15H2,1-5H3,(H,16,17)(H,18,19). The van der Waals surface area contributed by atoms with E-state index in [9.17, 15) is 14.7 Å². The molecule has 5 nitrogen and oxygen atoms in total. The first-order valence-electron chi connectivity index (χ1n) is 6.77. The summed E-state index contributed by atoms with van der Waals surface area (Å²) in [5, 5.41) is 12.2. The molecule has 0 aliphatic heterocycles. The highest BCUT2D eigenvalue weighted by Crippen LogP contribution is 2.39. The normalized spacial score (nSPS) is 28.2. The van der Waals surface area contributed by atoms with Crippen LogP contribution in [0.5, 0.6) is 0 Å². The van der Waals surface area contributed by atoms with Crippen molar-refractivity contribution in [2.45, 2.75) is 65.5 Å². The average Bonchev–Trinajstić information content (AvgIpc) is 2.59. The van der Waals surface area contributed by atoms with Gasteiger partial charge in [-0.1, -0.05) is 6.42 Å². The van der Waals surface area contributed by atoms with Crippen LogP contribution in [0.1, 0.15) is 53.9 Å². The van der Waals surface area contributed by atoms with Crippen LogP contribution in [0.4, 0.5) is 0 Å². The smallest absolute Gasteiger partial charge is 0.311 e. The number of carbonyl (C=O) groups excluding carboxylic acids is 1. The van der Waals surface area contributed by atoms with Crippen LogP contribution < -0.4 is 11.1 Å². The van der Waals surface area contributed by atoms with Crippen LogP contribution in [0, 0.1) is 10.8 Å². The van der Waals surface area contributed by atoms with Gasteiger partial charge in [-0.25, -0.2) is 0 Å². The van der Waals surface area contributed by atoms with E-state index in [1.54, 1.807) is 27.7 Å². The molecule has 0 bridgehead atoms. The molecule has 0 aromatic rings. The van der Waals surface area contributed by atoms with E-state index in [0.29, 0.717) is 0 Å². The number of nitrogens with one attached hydrogen (secondary N) is 1. The highest BCUT2D eigenvalue weighted by molar-refractivity contribution is 5.85. The average molecular weight is 270 g/mol. The Morgan fingerprint density at radius 3 is 2.21 bits per heavy atom. The molecular weight excluding hydrogens is 244 g/mol. The van der Waals surface area contributed by atoms with Crippen LogP contribution in [-0.2, 0) is 9.59 Å². The first kappa shape index (κ1) is 16.0. The van der Waals surface area contributed by atoms with Gasteiger partial charge in [0.2, 0.25) is 5.91 Å². The summed E-state index contributed by atoms with van der Waals surface area (Å²) in [6, 6.07) is -0.156. The van der Waals surface area contributed by atoms with Gasteiger partial charge in [-0.05, 0) is 47.5 Å². The summed E-state index contributed by atoms with van der Waals surface area (Å²) in [6.45, 7) is 8.58.